The summed E-state index contributed by atoms with van der Waals surface area (Å²) in [6.07, 6.45) is 1.04. The molecule has 0 fully saturated rings. The van der Waals surface area contributed by atoms with E-state index < -0.39 is 0 Å². The minimum atomic E-state index is -0.200. The largest absolute Gasteiger partial charge is 0.469 e. The van der Waals surface area contributed by atoms with Gasteiger partial charge in [-0.15, -0.1) is 0 Å². The van der Waals surface area contributed by atoms with E-state index in [1.165, 1.54) is 5.56 Å². The Balaban J connectivity index is 1.70. The van der Waals surface area contributed by atoms with Crippen LogP contribution in [0.2, 0.25) is 0 Å². The van der Waals surface area contributed by atoms with E-state index in [0.29, 0.717) is 6.42 Å². The Labute approximate surface area is 111 Å². The summed E-state index contributed by atoms with van der Waals surface area (Å²) in [5.41, 5.74) is 3.25. The van der Waals surface area contributed by atoms with Crippen LogP contribution in [0.15, 0.2) is 48.5 Å². The molecule has 19 heavy (non-hydrogen) atoms. The summed E-state index contributed by atoms with van der Waals surface area (Å²) in [7, 11) is 0. The Morgan fingerprint density at radius 1 is 1.00 bits per heavy atom. The minimum Gasteiger partial charge on any atom is -0.469 e. The Kier molecular flexibility index (Phi) is 2.15. The zero-order valence-electron chi connectivity index (χ0n) is 10.4. The van der Waals surface area contributed by atoms with E-state index in [9.17, 15) is 4.79 Å². The second-order valence-corrected chi connectivity index (χ2v) is 4.95. The van der Waals surface area contributed by atoms with E-state index in [0.717, 1.165) is 23.4 Å². The monoisotopic (exact) mass is 251 g/mol. The van der Waals surface area contributed by atoms with Gasteiger partial charge < -0.3 is 4.74 Å². The van der Waals surface area contributed by atoms with Crippen LogP contribution < -0.4 is 9.64 Å². The molecule has 2 aliphatic rings. The van der Waals surface area contributed by atoms with Gasteiger partial charge in [0, 0.05) is 6.42 Å². The molecule has 0 saturated carbocycles. The van der Waals surface area contributed by atoms with Crippen LogP contribution in [0.3, 0.4) is 0 Å². The Bertz CT molecular complexity index is 640. The molecule has 94 valence electrons. The summed E-state index contributed by atoms with van der Waals surface area (Å²) in [4.78, 5) is 14.0. The van der Waals surface area contributed by atoms with Crippen LogP contribution in [0.4, 0.5) is 5.69 Å². The van der Waals surface area contributed by atoms with Crippen molar-refractivity contribution in [1.82, 2.24) is 0 Å². The van der Waals surface area contributed by atoms with Crippen molar-refractivity contribution in [2.24, 2.45) is 0 Å². The zero-order valence-corrected chi connectivity index (χ0v) is 10.4. The summed E-state index contributed by atoms with van der Waals surface area (Å²) in [5.74, 6) is 1.02. The third-order valence-corrected chi connectivity index (χ3v) is 3.78. The quantitative estimate of drug-likeness (QED) is 0.779. The molecule has 2 aromatic carbocycles. The van der Waals surface area contributed by atoms with E-state index in [-0.39, 0.29) is 12.1 Å². The van der Waals surface area contributed by atoms with Crippen LogP contribution in [0.25, 0.3) is 0 Å². The lowest BCUT2D eigenvalue weighted by atomic mass is 10.1. The van der Waals surface area contributed by atoms with Crippen molar-refractivity contribution in [3.05, 3.63) is 59.7 Å². The molecule has 2 aliphatic heterocycles. The molecule has 1 unspecified atom stereocenters. The predicted octanol–water partition coefficient (Wildman–Crippen LogP) is 2.54. The molecule has 1 atom stereocenters. The number of amides is 1. The Morgan fingerprint density at radius 2 is 1.74 bits per heavy atom. The van der Waals surface area contributed by atoms with Gasteiger partial charge in [-0.2, -0.15) is 0 Å². The van der Waals surface area contributed by atoms with E-state index in [1.807, 2.05) is 42.5 Å². The van der Waals surface area contributed by atoms with Gasteiger partial charge in [-0.1, -0.05) is 36.4 Å². The van der Waals surface area contributed by atoms with Crippen LogP contribution >= 0.6 is 0 Å². The first-order chi connectivity index (χ1) is 9.33. The molecule has 3 heteroatoms. The molecule has 3 nitrogen and oxygen atoms in total. The topological polar surface area (TPSA) is 29.5 Å². The van der Waals surface area contributed by atoms with E-state index in [4.69, 9.17) is 4.74 Å². The van der Waals surface area contributed by atoms with Crippen molar-refractivity contribution in [3.63, 3.8) is 0 Å². The normalized spacial score (nSPS) is 20.1. The number of anilines is 1. The SMILES string of the molecule is O=C1Cc2ccccc2N1C1Cc2ccccc2O1. The van der Waals surface area contributed by atoms with Crippen molar-refractivity contribution < 1.29 is 9.53 Å². The fourth-order valence-corrected chi connectivity index (χ4v) is 2.90. The van der Waals surface area contributed by atoms with Crippen LogP contribution in [0.5, 0.6) is 5.75 Å². The summed E-state index contributed by atoms with van der Waals surface area (Å²) in [6.45, 7) is 0. The standard InChI is InChI=1S/C16H13NO2/c18-15-9-11-5-1-3-7-13(11)17(15)16-10-12-6-2-4-8-14(12)19-16/h1-8,16H,9-10H2. The number of ether oxygens (including phenoxy) is 1. The second kappa shape index (κ2) is 3.85. The van der Waals surface area contributed by atoms with Crippen LogP contribution in [0, 0.1) is 0 Å². The number of nitrogens with zero attached hydrogens (tertiary/aromatic N) is 1. The van der Waals surface area contributed by atoms with Gasteiger partial charge in [-0.05, 0) is 23.3 Å². The van der Waals surface area contributed by atoms with Gasteiger partial charge in [-0.25, -0.2) is 0 Å². The van der Waals surface area contributed by atoms with Crippen molar-refractivity contribution >= 4 is 11.6 Å². The zero-order chi connectivity index (χ0) is 12.8. The second-order valence-electron chi connectivity index (χ2n) is 4.95. The van der Waals surface area contributed by atoms with Gasteiger partial charge in [0.1, 0.15) is 5.75 Å². The molecular formula is C16H13NO2. The molecule has 0 radical (unpaired) electrons. The number of para-hydroxylation sites is 2. The molecule has 0 aromatic heterocycles. The molecule has 0 N–H and O–H groups in total. The van der Waals surface area contributed by atoms with Gasteiger partial charge in [0.2, 0.25) is 5.91 Å². The van der Waals surface area contributed by atoms with Gasteiger partial charge >= 0.3 is 0 Å². The van der Waals surface area contributed by atoms with Gasteiger partial charge in [0.25, 0.3) is 0 Å². The lowest BCUT2D eigenvalue weighted by molar-refractivity contribution is -0.118. The van der Waals surface area contributed by atoms with Crippen molar-refractivity contribution in [2.45, 2.75) is 19.1 Å². The average molecular weight is 251 g/mol. The third kappa shape index (κ3) is 1.55. The first kappa shape index (κ1) is 10.6. The Hall–Kier alpha value is -2.29. The smallest absolute Gasteiger partial charge is 0.234 e. The number of fused-ring (bicyclic) bond motifs is 2. The highest BCUT2D eigenvalue weighted by molar-refractivity contribution is 6.01. The van der Waals surface area contributed by atoms with Crippen LogP contribution in [-0.2, 0) is 17.6 Å². The Morgan fingerprint density at radius 3 is 2.58 bits per heavy atom. The van der Waals surface area contributed by atoms with Crippen LogP contribution in [0.1, 0.15) is 11.1 Å². The number of carbonyl (C=O) groups is 1. The molecule has 0 aliphatic carbocycles. The molecule has 0 spiro atoms. The summed E-state index contributed by atoms with van der Waals surface area (Å²) >= 11 is 0. The third-order valence-electron chi connectivity index (χ3n) is 3.78. The minimum absolute atomic E-state index is 0.124. The maximum atomic E-state index is 12.2. The molecule has 0 saturated heterocycles. The maximum Gasteiger partial charge on any atom is 0.234 e. The van der Waals surface area contributed by atoms with Gasteiger partial charge in [0.15, 0.2) is 6.23 Å². The highest BCUT2D eigenvalue weighted by Gasteiger charge is 2.37. The lowest BCUT2D eigenvalue weighted by Gasteiger charge is -2.24. The average Bonchev–Trinajstić information content (AvgIpc) is 2.97. The molecule has 2 heterocycles. The lowest BCUT2D eigenvalue weighted by Crippen LogP contribution is -2.40. The van der Waals surface area contributed by atoms with Gasteiger partial charge in [-0.3, -0.25) is 9.69 Å². The molecule has 4 rings (SSSR count). The maximum absolute atomic E-state index is 12.2. The molecular weight excluding hydrogens is 238 g/mol. The van der Waals surface area contributed by atoms with Crippen molar-refractivity contribution in [1.29, 1.82) is 0 Å². The van der Waals surface area contributed by atoms with Gasteiger partial charge in [0.05, 0.1) is 12.1 Å². The van der Waals surface area contributed by atoms with Crippen LogP contribution in [-0.4, -0.2) is 12.1 Å². The first-order valence-corrected chi connectivity index (χ1v) is 6.47. The van der Waals surface area contributed by atoms with Crippen molar-refractivity contribution in [3.8, 4) is 5.75 Å². The highest BCUT2D eigenvalue weighted by atomic mass is 16.5. The number of hydrogen-bond acceptors (Lipinski definition) is 2. The molecule has 2 aromatic rings. The molecule has 1 amide bonds. The predicted molar refractivity (Wildman–Crippen MR) is 72.2 cm³/mol. The summed E-state index contributed by atoms with van der Waals surface area (Å²) in [5, 5.41) is 0. The highest BCUT2D eigenvalue weighted by Crippen LogP contribution is 2.36. The van der Waals surface area contributed by atoms with E-state index in [2.05, 4.69) is 6.07 Å². The van der Waals surface area contributed by atoms with E-state index >= 15 is 0 Å². The summed E-state index contributed by atoms with van der Waals surface area (Å²) in [6, 6.07) is 15.9. The van der Waals surface area contributed by atoms with Crippen molar-refractivity contribution in [2.75, 3.05) is 4.90 Å². The number of benzene rings is 2. The number of rotatable bonds is 1. The number of hydrogen-bond donors (Lipinski definition) is 0. The fraction of sp³-hybridized carbons (Fsp3) is 0.188. The fourth-order valence-electron chi connectivity index (χ4n) is 2.90. The number of carbonyl (C=O) groups excluding carboxylic acids is 1. The molecule has 0 bridgehead atoms. The first-order valence-electron chi connectivity index (χ1n) is 6.47. The van der Waals surface area contributed by atoms with E-state index in [1.54, 1.807) is 4.90 Å². The summed E-state index contributed by atoms with van der Waals surface area (Å²) < 4.78 is 5.92.